The fourth-order valence-electron chi connectivity index (χ4n) is 4.27. The van der Waals surface area contributed by atoms with Gasteiger partial charge in [0.25, 0.3) is 11.5 Å². The highest BCUT2D eigenvalue weighted by molar-refractivity contribution is 6.31. The van der Waals surface area contributed by atoms with E-state index in [9.17, 15) is 9.59 Å². The Bertz CT molecular complexity index is 1020. The number of H-pyrrole nitrogens is 1. The van der Waals surface area contributed by atoms with E-state index in [-0.39, 0.29) is 18.0 Å². The van der Waals surface area contributed by atoms with E-state index < -0.39 is 0 Å². The molecule has 0 saturated carbocycles. The molecular weight excluding hydrogens is 412 g/mol. The Labute approximate surface area is 188 Å². The molecule has 0 aliphatic carbocycles. The molecule has 0 unspecified atom stereocenters. The second kappa shape index (κ2) is 10.2. The smallest absolute Gasteiger partial charge is 0.253 e. The van der Waals surface area contributed by atoms with Gasteiger partial charge in [-0.15, -0.1) is 6.58 Å². The van der Waals surface area contributed by atoms with E-state index in [1.54, 1.807) is 6.07 Å². The van der Waals surface area contributed by atoms with Crippen LogP contribution in [0, 0.1) is 20.8 Å². The van der Waals surface area contributed by atoms with Gasteiger partial charge in [-0.25, -0.2) is 0 Å². The number of nitrogens with zero attached hydrogens (tertiary/aromatic N) is 1. The zero-order valence-electron chi connectivity index (χ0n) is 18.5. The molecule has 1 aromatic carbocycles. The van der Waals surface area contributed by atoms with Crippen molar-refractivity contribution in [3.63, 3.8) is 0 Å². The standard InChI is InChI=1S/C24H31ClN4O2/c1-5-10-29(19-6-8-26-9-7-19)22-13-18(25)12-20(17(22)4)23(30)27-14-21-15(2)11-16(3)28-24(21)31/h5,11-13,19,26H,1,6-10,14H2,2-4H3,(H,27,30)(H,28,31). The number of amides is 1. The quantitative estimate of drug-likeness (QED) is 0.572. The fraction of sp³-hybridized carbons (Fsp3) is 0.417. The summed E-state index contributed by atoms with van der Waals surface area (Å²) in [6.07, 6.45) is 3.93. The van der Waals surface area contributed by atoms with Gasteiger partial charge in [0.05, 0.1) is 0 Å². The average molecular weight is 443 g/mol. The highest BCUT2D eigenvalue weighted by atomic mass is 35.5. The van der Waals surface area contributed by atoms with Crippen LogP contribution in [0.3, 0.4) is 0 Å². The summed E-state index contributed by atoms with van der Waals surface area (Å²) >= 11 is 6.43. The molecule has 0 bridgehead atoms. The van der Waals surface area contributed by atoms with Gasteiger partial charge in [-0.1, -0.05) is 17.7 Å². The van der Waals surface area contributed by atoms with E-state index in [2.05, 4.69) is 27.1 Å². The SMILES string of the molecule is C=CCN(c1cc(Cl)cc(C(=O)NCc2c(C)cc(C)[nH]c2=O)c1C)C1CCNCC1. The Morgan fingerprint density at radius 1 is 1.26 bits per heavy atom. The second-order valence-corrected chi connectivity index (χ2v) is 8.58. The predicted octanol–water partition coefficient (Wildman–Crippen LogP) is 3.63. The molecule has 166 valence electrons. The second-order valence-electron chi connectivity index (χ2n) is 8.15. The van der Waals surface area contributed by atoms with Crippen LogP contribution in [-0.2, 0) is 6.54 Å². The summed E-state index contributed by atoms with van der Waals surface area (Å²) in [7, 11) is 0. The van der Waals surface area contributed by atoms with Crippen molar-refractivity contribution in [2.45, 2.75) is 46.2 Å². The molecule has 3 N–H and O–H groups in total. The number of piperidine rings is 1. The molecule has 0 atom stereocenters. The average Bonchev–Trinajstić information content (AvgIpc) is 2.73. The van der Waals surface area contributed by atoms with E-state index in [4.69, 9.17) is 11.6 Å². The summed E-state index contributed by atoms with van der Waals surface area (Å²) in [5.41, 5.74) is 4.38. The van der Waals surface area contributed by atoms with Crippen LogP contribution in [0.5, 0.6) is 0 Å². The third kappa shape index (κ3) is 5.38. The van der Waals surface area contributed by atoms with Crippen LogP contribution in [0.15, 0.2) is 35.6 Å². The largest absolute Gasteiger partial charge is 0.364 e. The maximum Gasteiger partial charge on any atom is 0.253 e. The number of carbonyl (C=O) groups excluding carboxylic acids is 1. The van der Waals surface area contributed by atoms with Crippen molar-refractivity contribution in [3.05, 3.63) is 74.2 Å². The summed E-state index contributed by atoms with van der Waals surface area (Å²) in [4.78, 5) is 30.4. The molecule has 3 rings (SSSR count). The van der Waals surface area contributed by atoms with Gasteiger partial charge in [0.2, 0.25) is 0 Å². The molecule has 6 nitrogen and oxygen atoms in total. The van der Waals surface area contributed by atoms with E-state index in [1.807, 2.05) is 39.0 Å². The molecule has 31 heavy (non-hydrogen) atoms. The summed E-state index contributed by atoms with van der Waals surface area (Å²) in [5, 5.41) is 6.80. The van der Waals surface area contributed by atoms with Crippen LogP contribution >= 0.6 is 11.6 Å². The minimum Gasteiger partial charge on any atom is -0.364 e. The number of anilines is 1. The molecule has 2 aromatic rings. The monoisotopic (exact) mass is 442 g/mol. The molecule has 0 spiro atoms. The number of benzene rings is 1. The highest BCUT2D eigenvalue weighted by Crippen LogP contribution is 2.31. The third-order valence-corrected chi connectivity index (χ3v) is 6.11. The van der Waals surface area contributed by atoms with Crippen molar-refractivity contribution in [3.8, 4) is 0 Å². The summed E-state index contributed by atoms with van der Waals surface area (Å²) in [5.74, 6) is -0.246. The van der Waals surface area contributed by atoms with E-state index in [0.29, 0.717) is 28.7 Å². The topological polar surface area (TPSA) is 77.2 Å². The maximum atomic E-state index is 13.1. The first-order chi connectivity index (χ1) is 14.8. The van der Waals surface area contributed by atoms with Crippen molar-refractivity contribution >= 4 is 23.2 Å². The van der Waals surface area contributed by atoms with E-state index in [0.717, 1.165) is 48.4 Å². The Morgan fingerprint density at radius 2 is 1.97 bits per heavy atom. The Morgan fingerprint density at radius 3 is 2.61 bits per heavy atom. The number of pyridine rings is 1. The van der Waals surface area contributed by atoms with Gasteiger partial charge in [-0.05, 0) is 76.0 Å². The maximum absolute atomic E-state index is 13.1. The highest BCUT2D eigenvalue weighted by Gasteiger charge is 2.24. The van der Waals surface area contributed by atoms with Crippen molar-refractivity contribution < 1.29 is 4.79 Å². The molecule has 7 heteroatoms. The van der Waals surface area contributed by atoms with Gasteiger partial charge in [0.15, 0.2) is 0 Å². The number of halogens is 1. The van der Waals surface area contributed by atoms with Gasteiger partial charge in [0, 0.05) is 46.7 Å². The number of nitrogens with one attached hydrogen (secondary N) is 3. The van der Waals surface area contributed by atoms with Crippen LogP contribution in [0.2, 0.25) is 5.02 Å². The minimum absolute atomic E-state index is 0.159. The summed E-state index contributed by atoms with van der Waals surface area (Å²) in [6, 6.07) is 5.88. The number of hydrogen-bond acceptors (Lipinski definition) is 4. The van der Waals surface area contributed by atoms with Crippen molar-refractivity contribution in [2.75, 3.05) is 24.5 Å². The fourth-order valence-corrected chi connectivity index (χ4v) is 4.48. The lowest BCUT2D eigenvalue weighted by atomic mass is 9.99. The van der Waals surface area contributed by atoms with E-state index in [1.165, 1.54) is 0 Å². The first-order valence-electron chi connectivity index (χ1n) is 10.7. The zero-order valence-corrected chi connectivity index (χ0v) is 19.2. The van der Waals surface area contributed by atoms with Crippen molar-refractivity contribution in [1.29, 1.82) is 0 Å². The number of carbonyl (C=O) groups is 1. The predicted molar refractivity (Wildman–Crippen MR) is 127 cm³/mol. The van der Waals surface area contributed by atoms with Gasteiger partial charge in [-0.2, -0.15) is 0 Å². The van der Waals surface area contributed by atoms with Crippen LogP contribution in [-0.4, -0.2) is 36.6 Å². The van der Waals surface area contributed by atoms with Gasteiger partial charge >= 0.3 is 0 Å². The Balaban J connectivity index is 1.88. The number of aryl methyl sites for hydroxylation is 2. The lowest BCUT2D eigenvalue weighted by Gasteiger charge is -2.37. The van der Waals surface area contributed by atoms with Crippen LogP contribution < -0.4 is 21.1 Å². The molecule has 1 aliphatic heterocycles. The molecule has 2 heterocycles. The van der Waals surface area contributed by atoms with Crippen molar-refractivity contribution in [1.82, 2.24) is 15.6 Å². The first kappa shape index (κ1) is 23.1. The molecule has 1 saturated heterocycles. The van der Waals surface area contributed by atoms with Gasteiger partial charge < -0.3 is 20.5 Å². The number of hydrogen-bond donors (Lipinski definition) is 3. The Hall–Kier alpha value is -2.57. The van der Waals surface area contributed by atoms with Crippen molar-refractivity contribution in [2.24, 2.45) is 0 Å². The van der Waals surface area contributed by atoms with Crippen LogP contribution in [0.25, 0.3) is 0 Å². The molecule has 1 amide bonds. The van der Waals surface area contributed by atoms with Crippen LogP contribution in [0.1, 0.15) is 45.6 Å². The minimum atomic E-state index is -0.246. The van der Waals surface area contributed by atoms with Gasteiger partial charge in [-0.3, -0.25) is 9.59 Å². The summed E-state index contributed by atoms with van der Waals surface area (Å²) in [6.45, 7) is 12.4. The lowest BCUT2D eigenvalue weighted by Crippen LogP contribution is -2.43. The van der Waals surface area contributed by atoms with E-state index >= 15 is 0 Å². The normalized spacial score (nSPS) is 14.3. The van der Waals surface area contributed by atoms with Crippen LogP contribution in [0.4, 0.5) is 5.69 Å². The molecule has 1 fully saturated rings. The number of rotatable bonds is 7. The molecule has 1 aliphatic rings. The Kier molecular flexibility index (Phi) is 7.57. The first-order valence-corrected chi connectivity index (χ1v) is 11.1. The number of aromatic nitrogens is 1. The third-order valence-electron chi connectivity index (χ3n) is 5.89. The summed E-state index contributed by atoms with van der Waals surface area (Å²) < 4.78 is 0. The zero-order chi connectivity index (χ0) is 22.5. The molecule has 1 aromatic heterocycles. The molecular formula is C24H31ClN4O2. The molecule has 0 radical (unpaired) electrons. The number of aromatic amines is 1. The lowest BCUT2D eigenvalue weighted by molar-refractivity contribution is 0.0950. The van der Waals surface area contributed by atoms with Gasteiger partial charge in [0.1, 0.15) is 0 Å².